The molecule has 0 fully saturated rings. The maximum Gasteiger partial charge on any atom is 0.334 e. The van der Waals surface area contributed by atoms with Crippen molar-refractivity contribution in [1.82, 2.24) is 0 Å². The maximum atomic E-state index is 10.8. The van der Waals surface area contributed by atoms with E-state index in [0.717, 1.165) is 6.42 Å². The SMILES string of the molecule is CCCOC(=O)[C@H](O)CCCl. The number of hydrogen-bond donors (Lipinski definition) is 1. The summed E-state index contributed by atoms with van der Waals surface area (Å²) in [5.74, 6) is -0.310. The van der Waals surface area contributed by atoms with Crippen LogP contribution in [0.15, 0.2) is 0 Å². The fourth-order valence-corrected chi connectivity index (χ4v) is 0.727. The molecule has 0 radical (unpaired) electrons. The van der Waals surface area contributed by atoms with E-state index in [4.69, 9.17) is 16.7 Å². The minimum Gasteiger partial charge on any atom is -0.464 e. The summed E-state index contributed by atoms with van der Waals surface area (Å²) in [6.45, 7) is 2.25. The Bertz CT molecular complexity index is 116. The number of carbonyl (C=O) groups excluding carboxylic acids is 1. The van der Waals surface area contributed by atoms with Crippen molar-refractivity contribution < 1.29 is 14.6 Å². The van der Waals surface area contributed by atoms with Crippen molar-refractivity contribution in [1.29, 1.82) is 0 Å². The lowest BCUT2D eigenvalue weighted by atomic mass is 10.3. The van der Waals surface area contributed by atoms with Crippen LogP contribution in [0.1, 0.15) is 19.8 Å². The van der Waals surface area contributed by atoms with Gasteiger partial charge in [0.1, 0.15) is 0 Å². The summed E-state index contributed by atoms with van der Waals surface area (Å²) in [7, 11) is 0. The molecule has 0 aliphatic rings. The topological polar surface area (TPSA) is 46.5 Å². The van der Waals surface area contributed by atoms with Crippen molar-refractivity contribution in [3.05, 3.63) is 0 Å². The fourth-order valence-electron chi connectivity index (χ4n) is 0.520. The van der Waals surface area contributed by atoms with E-state index in [-0.39, 0.29) is 12.3 Å². The van der Waals surface area contributed by atoms with Crippen molar-refractivity contribution >= 4 is 17.6 Å². The van der Waals surface area contributed by atoms with Crippen molar-refractivity contribution in [2.45, 2.75) is 25.9 Å². The highest BCUT2D eigenvalue weighted by molar-refractivity contribution is 6.18. The molecule has 0 bridgehead atoms. The average Bonchev–Trinajstić information content (AvgIpc) is 2.00. The molecular weight excluding hydrogens is 168 g/mol. The predicted octanol–water partition coefficient (Wildman–Crippen LogP) is 0.929. The largest absolute Gasteiger partial charge is 0.464 e. The Morgan fingerprint density at radius 1 is 1.73 bits per heavy atom. The monoisotopic (exact) mass is 180 g/mol. The first-order valence-corrected chi connectivity index (χ1v) is 4.16. The van der Waals surface area contributed by atoms with Gasteiger partial charge in [0.05, 0.1) is 6.61 Å². The van der Waals surface area contributed by atoms with Gasteiger partial charge in [-0.05, 0) is 12.8 Å². The van der Waals surface area contributed by atoms with Crippen LogP contribution in [0.2, 0.25) is 0 Å². The van der Waals surface area contributed by atoms with Crippen LogP contribution in [0.5, 0.6) is 0 Å². The second-order valence-electron chi connectivity index (χ2n) is 2.16. The lowest BCUT2D eigenvalue weighted by molar-refractivity contribution is -0.153. The van der Waals surface area contributed by atoms with Gasteiger partial charge in [0.15, 0.2) is 6.10 Å². The Hall–Kier alpha value is -0.280. The zero-order valence-electron chi connectivity index (χ0n) is 6.55. The van der Waals surface area contributed by atoms with Gasteiger partial charge in [-0.1, -0.05) is 6.92 Å². The van der Waals surface area contributed by atoms with Crippen LogP contribution in [0.25, 0.3) is 0 Å². The molecule has 1 N–H and O–H groups in total. The van der Waals surface area contributed by atoms with Crippen LogP contribution >= 0.6 is 11.6 Å². The Balaban J connectivity index is 3.47. The third kappa shape index (κ3) is 5.04. The number of halogens is 1. The number of hydrogen-bond acceptors (Lipinski definition) is 3. The molecule has 11 heavy (non-hydrogen) atoms. The van der Waals surface area contributed by atoms with Crippen LogP contribution in [0.3, 0.4) is 0 Å². The first kappa shape index (κ1) is 10.7. The molecule has 0 saturated carbocycles. The van der Waals surface area contributed by atoms with E-state index in [1.165, 1.54) is 0 Å². The average molecular weight is 181 g/mol. The standard InChI is InChI=1S/C7H13ClO3/c1-2-5-11-7(10)6(9)3-4-8/h6,9H,2-5H2,1H3/t6-/m1/s1. The Kier molecular flexibility index (Phi) is 6.27. The highest BCUT2D eigenvalue weighted by atomic mass is 35.5. The quantitative estimate of drug-likeness (QED) is 0.506. The number of rotatable bonds is 5. The van der Waals surface area contributed by atoms with Crippen molar-refractivity contribution in [3.63, 3.8) is 0 Å². The van der Waals surface area contributed by atoms with Gasteiger partial charge in [-0.3, -0.25) is 0 Å². The van der Waals surface area contributed by atoms with E-state index in [2.05, 4.69) is 4.74 Å². The second-order valence-corrected chi connectivity index (χ2v) is 2.54. The van der Waals surface area contributed by atoms with Crippen molar-refractivity contribution in [2.75, 3.05) is 12.5 Å². The van der Waals surface area contributed by atoms with Crippen LogP contribution < -0.4 is 0 Å². The Morgan fingerprint density at radius 3 is 2.82 bits per heavy atom. The lowest BCUT2D eigenvalue weighted by Gasteiger charge is -2.07. The fraction of sp³-hybridized carbons (Fsp3) is 0.857. The molecule has 0 saturated heterocycles. The maximum absolute atomic E-state index is 10.8. The first-order valence-electron chi connectivity index (χ1n) is 3.63. The van der Waals surface area contributed by atoms with Gasteiger partial charge in [-0.2, -0.15) is 0 Å². The molecule has 3 nitrogen and oxygen atoms in total. The van der Waals surface area contributed by atoms with Gasteiger partial charge >= 0.3 is 5.97 Å². The molecule has 0 rings (SSSR count). The third-order valence-corrected chi connectivity index (χ3v) is 1.32. The molecule has 0 aromatic carbocycles. The number of alkyl halides is 1. The minimum atomic E-state index is -1.06. The number of esters is 1. The van der Waals surface area contributed by atoms with Gasteiger partial charge in [-0.15, -0.1) is 11.6 Å². The highest BCUT2D eigenvalue weighted by Crippen LogP contribution is 1.97. The molecule has 66 valence electrons. The van der Waals surface area contributed by atoms with Crippen LogP contribution in [0.4, 0.5) is 0 Å². The van der Waals surface area contributed by atoms with E-state index < -0.39 is 12.1 Å². The van der Waals surface area contributed by atoms with Gasteiger partial charge in [0.25, 0.3) is 0 Å². The van der Waals surface area contributed by atoms with Crippen LogP contribution in [0, 0.1) is 0 Å². The summed E-state index contributed by atoms with van der Waals surface area (Å²) in [6, 6.07) is 0. The summed E-state index contributed by atoms with van der Waals surface area (Å²) in [6.07, 6.45) is -0.0391. The summed E-state index contributed by atoms with van der Waals surface area (Å²) >= 11 is 5.31. The molecule has 0 heterocycles. The third-order valence-electron chi connectivity index (χ3n) is 1.10. The first-order chi connectivity index (χ1) is 5.22. The molecule has 4 heteroatoms. The summed E-state index contributed by atoms with van der Waals surface area (Å²) in [5, 5.41) is 8.99. The van der Waals surface area contributed by atoms with Gasteiger partial charge in [0, 0.05) is 5.88 Å². The zero-order chi connectivity index (χ0) is 8.69. The van der Waals surface area contributed by atoms with Crippen LogP contribution in [-0.2, 0) is 9.53 Å². The number of aliphatic hydroxyl groups is 1. The van der Waals surface area contributed by atoms with Crippen molar-refractivity contribution in [3.8, 4) is 0 Å². The summed E-state index contributed by atoms with van der Waals surface area (Å²) in [4.78, 5) is 10.8. The molecule has 0 spiro atoms. The van der Waals surface area contributed by atoms with Crippen LogP contribution in [-0.4, -0.2) is 29.7 Å². The van der Waals surface area contributed by atoms with E-state index in [1.54, 1.807) is 0 Å². The predicted molar refractivity (Wildman–Crippen MR) is 42.6 cm³/mol. The van der Waals surface area contributed by atoms with E-state index in [0.29, 0.717) is 6.61 Å². The molecule has 0 unspecified atom stereocenters. The smallest absolute Gasteiger partial charge is 0.334 e. The second kappa shape index (κ2) is 6.43. The lowest BCUT2D eigenvalue weighted by Crippen LogP contribution is -2.23. The minimum absolute atomic E-state index is 0.254. The Morgan fingerprint density at radius 2 is 2.36 bits per heavy atom. The molecule has 0 amide bonds. The van der Waals surface area contributed by atoms with E-state index in [9.17, 15) is 4.79 Å². The Labute approximate surface area is 71.3 Å². The molecule has 0 aromatic heterocycles. The highest BCUT2D eigenvalue weighted by Gasteiger charge is 2.14. The summed E-state index contributed by atoms with van der Waals surface area (Å²) in [5.41, 5.74) is 0. The molecule has 1 atom stereocenters. The number of carbonyl (C=O) groups is 1. The molecule has 0 aliphatic heterocycles. The number of aliphatic hydroxyl groups excluding tert-OH is 1. The van der Waals surface area contributed by atoms with E-state index >= 15 is 0 Å². The van der Waals surface area contributed by atoms with E-state index in [1.807, 2.05) is 6.92 Å². The summed E-state index contributed by atoms with van der Waals surface area (Å²) < 4.78 is 4.66. The number of ether oxygens (including phenoxy) is 1. The van der Waals surface area contributed by atoms with Gasteiger partial charge < -0.3 is 9.84 Å². The molecule has 0 aliphatic carbocycles. The molecular formula is C7H13ClO3. The van der Waals surface area contributed by atoms with Crippen molar-refractivity contribution in [2.24, 2.45) is 0 Å². The zero-order valence-corrected chi connectivity index (χ0v) is 7.30. The molecule has 0 aromatic rings. The normalized spacial score (nSPS) is 12.6. The van der Waals surface area contributed by atoms with Gasteiger partial charge in [0.2, 0.25) is 0 Å². The van der Waals surface area contributed by atoms with Gasteiger partial charge in [-0.25, -0.2) is 4.79 Å².